The van der Waals surface area contributed by atoms with Crippen LogP contribution in [0.2, 0.25) is 5.02 Å². The summed E-state index contributed by atoms with van der Waals surface area (Å²) in [6.45, 7) is 2.15. The largest absolute Gasteiger partial charge is 0.356 e. The van der Waals surface area contributed by atoms with Crippen molar-refractivity contribution in [3.05, 3.63) is 64.8 Å². The van der Waals surface area contributed by atoms with Crippen molar-refractivity contribution in [3.8, 4) is 0 Å². The van der Waals surface area contributed by atoms with E-state index < -0.39 is 0 Å². The van der Waals surface area contributed by atoms with E-state index in [1.54, 1.807) is 0 Å². The SMILES string of the molecule is Cl.O=C(Cc1noc2ccccc12)N1CCNCC1c1cccc(Cl)c1. The van der Waals surface area contributed by atoms with E-state index in [0.717, 1.165) is 17.5 Å². The molecule has 3 aromatic rings. The van der Waals surface area contributed by atoms with Crippen molar-refractivity contribution >= 4 is 40.9 Å². The van der Waals surface area contributed by atoms with E-state index in [2.05, 4.69) is 10.5 Å². The molecule has 0 aliphatic carbocycles. The molecule has 0 bridgehead atoms. The van der Waals surface area contributed by atoms with E-state index >= 15 is 0 Å². The summed E-state index contributed by atoms with van der Waals surface area (Å²) in [5, 5.41) is 9.01. The summed E-state index contributed by atoms with van der Waals surface area (Å²) in [6.07, 6.45) is 0.230. The molecular weight excluding hydrogens is 373 g/mol. The lowest BCUT2D eigenvalue weighted by molar-refractivity contribution is -0.133. The number of fused-ring (bicyclic) bond motifs is 1. The van der Waals surface area contributed by atoms with Crippen molar-refractivity contribution in [1.29, 1.82) is 0 Å². The molecular formula is C19H19Cl2N3O2. The molecule has 2 heterocycles. The van der Waals surface area contributed by atoms with Gasteiger partial charge in [0.2, 0.25) is 5.91 Å². The van der Waals surface area contributed by atoms with Crippen molar-refractivity contribution in [1.82, 2.24) is 15.4 Å². The second-order valence-corrected chi connectivity index (χ2v) is 6.60. The first-order chi connectivity index (χ1) is 12.2. The monoisotopic (exact) mass is 391 g/mol. The van der Waals surface area contributed by atoms with Crippen LogP contribution in [0.25, 0.3) is 11.0 Å². The standard InChI is InChI=1S/C19H18ClN3O2.ClH/c20-14-5-3-4-13(10-14)17-12-21-8-9-23(17)19(24)11-16-15-6-1-2-7-18(15)25-22-16;/h1-7,10,17,21H,8-9,11-12H2;1H. The Morgan fingerprint density at radius 3 is 2.96 bits per heavy atom. The second kappa shape index (κ2) is 8.08. The molecule has 1 aliphatic heterocycles. The van der Waals surface area contributed by atoms with Crippen LogP contribution in [0.5, 0.6) is 0 Å². The minimum absolute atomic E-state index is 0. The fraction of sp³-hybridized carbons (Fsp3) is 0.263. The van der Waals surface area contributed by atoms with E-state index in [0.29, 0.717) is 29.4 Å². The number of rotatable bonds is 3. The Bertz CT molecular complexity index is 912. The van der Waals surface area contributed by atoms with Gasteiger partial charge in [-0.05, 0) is 29.8 Å². The minimum Gasteiger partial charge on any atom is -0.356 e. The predicted molar refractivity (Wildman–Crippen MR) is 104 cm³/mol. The summed E-state index contributed by atoms with van der Waals surface area (Å²) < 4.78 is 5.31. The topological polar surface area (TPSA) is 58.4 Å². The normalized spacial score (nSPS) is 17.1. The van der Waals surface area contributed by atoms with Gasteiger partial charge in [-0.25, -0.2) is 0 Å². The molecule has 0 saturated carbocycles. The number of nitrogens with one attached hydrogen (secondary N) is 1. The molecule has 5 nitrogen and oxygen atoms in total. The molecule has 1 saturated heterocycles. The molecule has 1 N–H and O–H groups in total. The molecule has 0 spiro atoms. The van der Waals surface area contributed by atoms with Gasteiger partial charge in [0, 0.05) is 30.0 Å². The van der Waals surface area contributed by atoms with Gasteiger partial charge in [-0.2, -0.15) is 0 Å². The predicted octanol–water partition coefficient (Wildman–Crippen LogP) is 3.62. The maximum Gasteiger partial charge on any atom is 0.229 e. The Morgan fingerprint density at radius 1 is 1.27 bits per heavy atom. The molecule has 136 valence electrons. The highest BCUT2D eigenvalue weighted by molar-refractivity contribution is 6.30. The molecule has 1 aromatic heterocycles. The van der Waals surface area contributed by atoms with Gasteiger partial charge < -0.3 is 14.7 Å². The highest BCUT2D eigenvalue weighted by Crippen LogP contribution is 2.26. The van der Waals surface area contributed by atoms with Gasteiger partial charge in [0.15, 0.2) is 5.58 Å². The molecule has 1 amide bonds. The van der Waals surface area contributed by atoms with Gasteiger partial charge in [0.05, 0.1) is 12.5 Å². The average molecular weight is 392 g/mol. The fourth-order valence-electron chi connectivity index (χ4n) is 3.32. The number of piperazine rings is 1. The van der Waals surface area contributed by atoms with Crippen molar-refractivity contribution in [2.24, 2.45) is 0 Å². The zero-order valence-electron chi connectivity index (χ0n) is 14.0. The van der Waals surface area contributed by atoms with Crippen LogP contribution in [-0.4, -0.2) is 35.6 Å². The number of benzene rings is 2. The molecule has 4 rings (SSSR count). The first-order valence-corrected chi connectivity index (χ1v) is 8.69. The van der Waals surface area contributed by atoms with E-state index in [-0.39, 0.29) is 30.8 Å². The van der Waals surface area contributed by atoms with Crippen molar-refractivity contribution in [2.75, 3.05) is 19.6 Å². The van der Waals surface area contributed by atoms with Crippen LogP contribution in [0.3, 0.4) is 0 Å². The summed E-state index contributed by atoms with van der Waals surface area (Å²) >= 11 is 6.13. The molecule has 2 aromatic carbocycles. The quantitative estimate of drug-likeness (QED) is 0.740. The van der Waals surface area contributed by atoms with Crippen LogP contribution < -0.4 is 5.32 Å². The van der Waals surface area contributed by atoms with E-state index in [1.165, 1.54) is 0 Å². The van der Waals surface area contributed by atoms with Gasteiger partial charge in [-0.1, -0.05) is 41.0 Å². The third-order valence-corrected chi connectivity index (χ3v) is 4.80. The first kappa shape index (κ1) is 18.7. The van der Waals surface area contributed by atoms with E-state index in [9.17, 15) is 4.79 Å². The number of aromatic nitrogens is 1. The lowest BCUT2D eigenvalue weighted by Gasteiger charge is -2.36. The third kappa shape index (κ3) is 3.70. The first-order valence-electron chi connectivity index (χ1n) is 8.31. The van der Waals surface area contributed by atoms with Crippen LogP contribution in [0, 0.1) is 0 Å². The number of hydrogen-bond donors (Lipinski definition) is 1. The second-order valence-electron chi connectivity index (χ2n) is 6.16. The van der Waals surface area contributed by atoms with Gasteiger partial charge in [-0.15, -0.1) is 12.4 Å². The molecule has 1 fully saturated rings. The third-order valence-electron chi connectivity index (χ3n) is 4.57. The summed E-state index contributed by atoms with van der Waals surface area (Å²) in [5.74, 6) is 0.0468. The fourth-order valence-corrected chi connectivity index (χ4v) is 3.52. The Labute approximate surface area is 162 Å². The lowest BCUT2D eigenvalue weighted by Crippen LogP contribution is -2.49. The summed E-state index contributed by atoms with van der Waals surface area (Å²) in [7, 11) is 0. The summed E-state index contributed by atoms with van der Waals surface area (Å²) in [4.78, 5) is 14.9. The number of nitrogens with zero attached hydrogens (tertiary/aromatic N) is 2. The number of amides is 1. The molecule has 1 aliphatic rings. The Kier molecular flexibility index (Phi) is 5.81. The molecule has 7 heteroatoms. The van der Waals surface area contributed by atoms with E-state index in [1.807, 2.05) is 53.4 Å². The highest BCUT2D eigenvalue weighted by Gasteiger charge is 2.28. The number of halogens is 2. The molecule has 0 radical (unpaired) electrons. The Morgan fingerprint density at radius 2 is 2.12 bits per heavy atom. The van der Waals surface area contributed by atoms with Crippen LogP contribution in [0.15, 0.2) is 53.1 Å². The van der Waals surface area contributed by atoms with Crippen molar-refractivity contribution in [3.63, 3.8) is 0 Å². The lowest BCUT2D eigenvalue weighted by atomic mass is 10.0. The maximum absolute atomic E-state index is 13.0. The number of para-hydroxylation sites is 1. The summed E-state index contributed by atoms with van der Waals surface area (Å²) in [5.41, 5.74) is 2.43. The minimum atomic E-state index is -0.0295. The van der Waals surface area contributed by atoms with Crippen LogP contribution >= 0.6 is 24.0 Å². The van der Waals surface area contributed by atoms with Gasteiger partial charge in [0.25, 0.3) is 0 Å². The van der Waals surface area contributed by atoms with Crippen LogP contribution in [-0.2, 0) is 11.2 Å². The average Bonchev–Trinajstić information content (AvgIpc) is 3.05. The zero-order valence-corrected chi connectivity index (χ0v) is 15.6. The number of hydrogen-bond acceptors (Lipinski definition) is 4. The maximum atomic E-state index is 13.0. The van der Waals surface area contributed by atoms with Gasteiger partial charge >= 0.3 is 0 Å². The number of carbonyl (C=O) groups excluding carboxylic acids is 1. The van der Waals surface area contributed by atoms with Crippen LogP contribution in [0.4, 0.5) is 0 Å². The molecule has 26 heavy (non-hydrogen) atoms. The van der Waals surface area contributed by atoms with Gasteiger partial charge in [0.1, 0.15) is 5.69 Å². The molecule has 1 unspecified atom stereocenters. The Hall–Kier alpha value is -2.08. The van der Waals surface area contributed by atoms with Crippen molar-refractivity contribution < 1.29 is 9.32 Å². The molecule has 1 atom stereocenters. The highest BCUT2D eigenvalue weighted by atomic mass is 35.5. The van der Waals surface area contributed by atoms with Crippen molar-refractivity contribution in [2.45, 2.75) is 12.5 Å². The Balaban J connectivity index is 0.00000196. The van der Waals surface area contributed by atoms with Gasteiger partial charge in [-0.3, -0.25) is 4.79 Å². The zero-order chi connectivity index (χ0) is 17.2. The van der Waals surface area contributed by atoms with E-state index in [4.69, 9.17) is 16.1 Å². The van der Waals surface area contributed by atoms with Crippen LogP contribution in [0.1, 0.15) is 17.3 Å². The summed E-state index contributed by atoms with van der Waals surface area (Å²) in [6, 6.07) is 15.3. The number of carbonyl (C=O) groups is 1. The smallest absolute Gasteiger partial charge is 0.229 e.